The molecule has 1 N–H and O–H groups in total. The molecule has 1 amide bonds. The first-order valence-electron chi connectivity index (χ1n) is 11.2. The fourth-order valence-corrected chi connectivity index (χ4v) is 5.91. The van der Waals surface area contributed by atoms with Crippen LogP contribution < -0.4 is 10.2 Å². The number of hydrogen-bond donors (Lipinski definition) is 1. The van der Waals surface area contributed by atoms with Gasteiger partial charge in [-0.3, -0.25) is 4.79 Å². The number of carbonyl (C=O) groups excluding carboxylic acids is 1. The molecule has 0 spiro atoms. The fourth-order valence-electron chi connectivity index (χ4n) is 4.66. The molecule has 2 aromatic rings. The Labute approximate surface area is 188 Å². The number of aryl methyl sites for hydroxylation is 1. The second-order valence-electron chi connectivity index (χ2n) is 8.51. The van der Waals surface area contributed by atoms with Crippen LogP contribution in [0.2, 0.25) is 0 Å². The monoisotopic (exact) mass is 438 g/mol. The van der Waals surface area contributed by atoms with Crippen molar-refractivity contribution >= 4 is 28.1 Å². The van der Waals surface area contributed by atoms with Gasteiger partial charge in [-0.2, -0.15) is 10.4 Å². The highest BCUT2D eigenvalue weighted by molar-refractivity contribution is 7.16. The van der Waals surface area contributed by atoms with Gasteiger partial charge >= 0.3 is 0 Å². The van der Waals surface area contributed by atoms with Crippen LogP contribution in [0.5, 0.6) is 0 Å². The van der Waals surface area contributed by atoms with Gasteiger partial charge in [0.2, 0.25) is 5.91 Å². The summed E-state index contributed by atoms with van der Waals surface area (Å²) in [4.78, 5) is 18.4. The first kappa shape index (κ1) is 21.7. The van der Waals surface area contributed by atoms with Crippen LogP contribution in [0.25, 0.3) is 0 Å². The molecule has 2 aromatic heterocycles. The Morgan fingerprint density at radius 2 is 2.23 bits per heavy atom. The van der Waals surface area contributed by atoms with E-state index in [0.717, 1.165) is 56.0 Å². The zero-order valence-electron chi connectivity index (χ0n) is 18.1. The van der Waals surface area contributed by atoms with Gasteiger partial charge in [-0.05, 0) is 63.3 Å². The Balaban J connectivity index is 1.30. The Morgan fingerprint density at radius 3 is 3.03 bits per heavy atom. The van der Waals surface area contributed by atoms with Crippen molar-refractivity contribution in [2.45, 2.75) is 57.4 Å². The molecule has 1 atom stereocenters. The van der Waals surface area contributed by atoms with Gasteiger partial charge in [0.05, 0.1) is 5.56 Å². The molecule has 2 aliphatic rings. The molecular formula is C23H30N6OS. The number of rotatable bonds is 7. The molecule has 0 bridgehead atoms. The molecule has 0 aromatic carbocycles. The molecule has 31 heavy (non-hydrogen) atoms. The van der Waals surface area contributed by atoms with Crippen LogP contribution in [0.15, 0.2) is 18.3 Å². The van der Waals surface area contributed by atoms with Crippen molar-refractivity contribution in [2.24, 2.45) is 0 Å². The maximum absolute atomic E-state index is 12.6. The van der Waals surface area contributed by atoms with Gasteiger partial charge in [-0.15, -0.1) is 16.4 Å². The van der Waals surface area contributed by atoms with E-state index in [1.165, 1.54) is 23.3 Å². The van der Waals surface area contributed by atoms with E-state index in [2.05, 4.69) is 38.4 Å². The Hall–Kier alpha value is -2.50. The van der Waals surface area contributed by atoms with Gasteiger partial charge in [0, 0.05) is 43.2 Å². The summed E-state index contributed by atoms with van der Waals surface area (Å²) in [5.41, 5.74) is 1.86. The predicted molar refractivity (Wildman–Crippen MR) is 123 cm³/mol. The summed E-state index contributed by atoms with van der Waals surface area (Å²) in [7, 11) is 2.06. The van der Waals surface area contributed by atoms with Crippen molar-refractivity contribution in [3.05, 3.63) is 34.3 Å². The maximum Gasteiger partial charge on any atom is 0.226 e. The van der Waals surface area contributed by atoms with E-state index in [1.54, 1.807) is 17.5 Å². The molecule has 1 fully saturated rings. The summed E-state index contributed by atoms with van der Waals surface area (Å²) in [6, 6.07) is 6.66. The molecule has 7 nitrogen and oxygen atoms in total. The molecule has 1 aliphatic carbocycles. The van der Waals surface area contributed by atoms with Gasteiger partial charge in [-0.25, -0.2) is 0 Å². The van der Waals surface area contributed by atoms with Crippen molar-refractivity contribution < 1.29 is 4.79 Å². The molecular weight excluding hydrogens is 408 g/mol. The molecule has 0 radical (unpaired) electrons. The lowest BCUT2D eigenvalue weighted by atomic mass is 10.1. The second-order valence-corrected chi connectivity index (χ2v) is 9.62. The molecule has 1 unspecified atom stereocenters. The highest BCUT2D eigenvalue weighted by Gasteiger charge is 2.27. The molecule has 0 saturated carbocycles. The highest BCUT2D eigenvalue weighted by atomic mass is 32.1. The first-order chi connectivity index (χ1) is 15.2. The third kappa shape index (κ3) is 5.23. The van der Waals surface area contributed by atoms with Gasteiger partial charge in [0.1, 0.15) is 11.1 Å². The van der Waals surface area contributed by atoms with Crippen molar-refractivity contribution in [2.75, 3.05) is 36.9 Å². The largest absolute Gasteiger partial charge is 0.351 e. The third-order valence-electron chi connectivity index (χ3n) is 6.26. The minimum Gasteiger partial charge on any atom is -0.351 e. The molecule has 8 heteroatoms. The molecule has 4 rings (SSSR count). The lowest BCUT2D eigenvalue weighted by Crippen LogP contribution is -2.40. The van der Waals surface area contributed by atoms with Gasteiger partial charge in [0.25, 0.3) is 0 Å². The highest BCUT2D eigenvalue weighted by Crippen LogP contribution is 2.37. The minimum atomic E-state index is -0.0167. The maximum atomic E-state index is 12.6. The number of nitrogens with one attached hydrogen (secondary N) is 1. The normalized spacial score (nSPS) is 18.5. The van der Waals surface area contributed by atoms with E-state index in [-0.39, 0.29) is 5.91 Å². The topological polar surface area (TPSA) is 85.2 Å². The lowest BCUT2D eigenvalue weighted by molar-refractivity contribution is -0.116. The summed E-state index contributed by atoms with van der Waals surface area (Å²) in [6.07, 6.45) is 9.88. The van der Waals surface area contributed by atoms with E-state index in [9.17, 15) is 10.1 Å². The zero-order chi connectivity index (χ0) is 21.6. The number of thiophene rings is 1. The number of aromatic nitrogens is 2. The SMILES string of the molecule is CN(CCC(=O)Nc1sc2c(c1C#N)CCCCC2)CC1CCCN1c1cccnn1. The van der Waals surface area contributed by atoms with Crippen LogP contribution in [0.4, 0.5) is 10.8 Å². The van der Waals surface area contributed by atoms with Crippen molar-refractivity contribution in [1.82, 2.24) is 15.1 Å². The number of carbonyl (C=O) groups is 1. The van der Waals surface area contributed by atoms with E-state index < -0.39 is 0 Å². The fraction of sp³-hybridized carbons (Fsp3) is 0.565. The Bertz CT molecular complexity index is 938. The van der Waals surface area contributed by atoms with Gasteiger partial charge < -0.3 is 15.1 Å². The van der Waals surface area contributed by atoms with Crippen LogP contribution in [0, 0.1) is 11.3 Å². The van der Waals surface area contributed by atoms with Crippen molar-refractivity contribution in [1.29, 1.82) is 5.26 Å². The van der Waals surface area contributed by atoms with E-state index in [1.807, 2.05) is 12.1 Å². The van der Waals surface area contributed by atoms with Crippen LogP contribution >= 0.6 is 11.3 Å². The molecule has 164 valence electrons. The smallest absolute Gasteiger partial charge is 0.226 e. The first-order valence-corrected chi connectivity index (χ1v) is 12.0. The van der Waals surface area contributed by atoms with Crippen LogP contribution in [0.3, 0.4) is 0 Å². The van der Waals surface area contributed by atoms with E-state index in [4.69, 9.17) is 0 Å². The van der Waals surface area contributed by atoms with Crippen LogP contribution in [-0.2, 0) is 17.6 Å². The van der Waals surface area contributed by atoms with E-state index in [0.29, 0.717) is 24.6 Å². The number of likely N-dealkylation sites (N-methyl/N-ethyl adjacent to an activating group) is 1. The Morgan fingerprint density at radius 1 is 1.35 bits per heavy atom. The Kier molecular flexibility index (Phi) is 7.15. The number of nitrogens with zero attached hydrogens (tertiary/aromatic N) is 5. The molecule has 3 heterocycles. The summed E-state index contributed by atoms with van der Waals surface area (Å²) < 4.78 is 0. The number of nitriles is 1. The van der Waals surface area contributed by atoms with Crippen molar-refractivity contribution in [3.63, 3.8) is 0 Å². The van der Waals surface area contributed by atoms with Crippen molar-refractivity contribution in [3.8, 4) is 6.07 Å². The zero-order valence-corrected chi connectivity index (χ0v) is 19.0. The average molecular weight is 439 g/mol. The second kappa shape index (κ2) is 10.2. The average Bonchev–Trinajstić information content (AvgIpc) is 3.29. The van der Waals surface area contributed by atoms with Gasteiger partial charge in [0.15, 0.2) is 5.82 Å². The predicted octanol–water partition coefficient (Wildman–Crippen LogP) is 3.61. The number of amides is 1. The third-order valence-corrected chi connectivity index (χ3v) is 7.47. The standard InChI is InChI=1S/C23H30N6OS/c1-28(16-17-7-6-13-29(17)21-10-5-12-25-27-21)14-11-22(30)26-23-19(15-24)18-8-3-2-4-9-20(18)31-23/h5,10,12,17H,2-4,6-9,11,13-14,16H2,1H3,(H,26,30). The van der Waals surface area contributed by atoms with E-state index >= 15 is 0 Å². The minimum absolute atomic E-state index is 0.0167. The molecule has 1 aliphatic heterocycles. The summed E-state index contributed by atoms with van der Waals surface area (Å²) in [5.74, 6) is 0.912. The lowest BCUT2D eigenvalue weighted by Gasteiger charge is -2.29. The van der Waals surface area contributed by atoms with Crippen LogP contribution in [0.1, 0.15) is 54.5 Å². The number of hydrogen-bond acceptors (Lipinski definition) is 7. The summed E-state index contributed by atoms with van der Waals surface area (Å²) >= 11 is 1.60. The number of anilines is 2. The van der Waals surface area contributed by atoms with Crippen LogP contribution in [-0.4, -0.2) is 53.7 Å². The summed E-state index contributed by atoms with van der Waals surface area (Å²) in [5, 5.41) is 21.7. The number of fused-ring (bicyclic) bond motifs is 1. The summed E-state index contributed by atoms with van der Waals surface area (Å²) in [6.45, 7) is 2.57. The quantitative estimate of drug-likeness (QED) is 0.665. The van der Waals surface area contributed by atoms with Gasteiger partial charge in [-0.1, -0.05) is 6.42 Å². The molecule has 1 saturated heterocycles.